The molecule has 0 aliphatic carbocycles. The van der Waals surface area contributed by atoms with Crippen molar-refractivity contribution in [3.63, 3.8) is 0 Å². The van der Waals surface area contributed by atoms with Crippen molar-refractivity contribution in [2.45, 2.75) is 26.4 Å². The zero-order valence-corrected chi connectivity index (χ0v) is 23.0. The third-order valence-corrected chi connectivity index (χ3v) is 7.68. The van der Waals surface area contributed by atoms with Gasteiger partial charge in [-0.15, -0.1) is 11.3 Å². The van der Waals surface area contributed by atoms with Gasteiger partial charge < -0.3 is 20.0 Å². The summed E-state index contributed by atoms with van der Waals surface area (Å²) in [5.41, 5.74) is 2.00. The molecule has 0 radical (unpaired) electrons. The van der Waals surface area contributed by atoms with Crippen molar-refractivity contribution in [2.24, 2.45) is 0 Å². The molecule has 4 rings (SSSR count). The number of carbonyl (C=O) groups excluding carboxylic acids is 2. The number of halogens is 3. The molecular formula is C25H26Cl3N5O2S. The van der Waals surface area contributed by atoms with E-state index in [1.165, 1.54) is 11.3 Å². The van der Waals surface area contributed by atoms with Gasteiger partial charge in [-0.25, -0.2) is 9.78 Å². The molecule has 2 heterocycles. The molecule has 1 aromatic heterocycles. The highest BCUT2D eigenvalue weighted by Gasteiger charge is 2.25. The average molecular weight is 567 g/mol. The molecule has 36 heavy (non-hydrogen) atoms. The fourth-order valence-electron chi connectivity index (χ4n) is 3.89. The number of nitrogens with one attached hydrogen (secondary N) is 1. The molecule has 1 aliphatic rings. The van der Waals surface area contributed by atoms with Crippen molar-refractivity contribution in [1.82, 2.24) is 14.8 Å². The second kappa shape index (κ2) is 11.7. The van der Waals surface area contributed by atoms with Crippen LogP contribution in [0.1, 0.15) is 29.3 Å². The summed E-state index contributed by atoms with van der Waals surface area (Å²) in [6.07, 6.45) is 0. The van der Waals surface area contributed by atoms with Crippen LogP contribution in [0.4, 0.5) is 16.2 Å². The average Bonchev–Trinajstić information content (AvgIpc) is 3.33. The summed E-state index contributed by atoms with van der Waals surface area (Å²) in [4.78, 5) is 36.3. The zero-order chi connectivity index (χ0) is 25.8. The van der Waals surface area contributed by atoms with E-state index in [0.717, 1.165) is 18.8 Å². The summed E-state index contributed by atoms with van der Waals surface area (Å²) in [5, 5.41) is 6.77. The monoisotopic (exact) mass is 565 g/mol. The number of thiazole rings is 1. The van der Waals surface area contributed by atoms with E-state index in [2.05, 4.69) is 15.2 Å². The number of rotatable bonds is 6. The molecular weight excluding hydrogens is 541 g/mol. The maximum absolute atomic E-state index is 13.1. The number of hydrogen-bond acceptors (Lipinski definition) is 5. The van der Waals surface area contributed by atoms with Crippen molar-refractivity contribution < 1.29 is 9.59 Å². The van der Waals surface area contributed by atoms with Crippen LogP contribution in [0.15, 0.2) is 47.8 Å². The first-order valence-electron chi connectivity index (χ1n) is 11.5. The van der Waals surface area contributed by atoms with Crippen LogP contribution in [0, 0.1) is 0 Å². The third kappa shape index (κ3) is 6.42. The summed E-state index contributed by atoms with van der Waals surface area (Å²) < 4.78 is 0. The Morgan fingerprint density at radius 3 is 2.47 bits per heavy atom. The lowest BCUT2D eigenvalue weighted by molar-refractivity contribution is 0.0741. The Balaban J connectivity index is 1.36. The summed E-state index contributed by atoms with van der Waals surface area (Å²) in [6, 6.07) is 12.3. The Morgan fingerprint density at radius 1 is 1.06 bits per heavy atom. The normalized spacial score (nSPS) is 13.7. The van der Waals surface area contributed by atoms with E-state index < -0.39 is 0 Å². The third-order valence-electron chi connectivity index (χ3n) is 5.87. The lowest BCUT2D eigenvalue weighted by Crippen LogP contribution is -2.48. The van der Waals surface area contributed by atoms with Gasteiger partial charge in [-0.1, -0.05) is 40.9 Å². The first kappa shape index (κ1) is 26.5. The molecule has 11 heteroatoms. The number of carbonyl (C=O) groups is 2. The Morgan fingerprint density at radius 2 is 1.81 bits per heavy atom. The van der Waals surface area contributed by atoms with E-state index in [-0.39, 0.29) is 24.5 Å². The molecule has 0 unspecified atom stereocenters. The standard InChI is InChI=1S/C25H26Cl3N5O2S/c1-16(2)33(25(35)29-18-6-7-20(27)21(28)13-18)14-23-30-22(15-36-23)24(34)32-10-8-31(9-11-32)19-5-3-4-17(26)12-19/h3-7,12-13,15-16H,8-11,14H2,1-2H3,(H,29,35). The molecule has 3 amide bonds. The van der Waals surface area contributed by atoms with Crippen molar-refractivity contribution in [2.75, 3.05) is 36.4 Å². The number of nitrogens with zero attached hydrogens (tertiary/aromatic N) is 4. The SMILES string of the molecule is CC(C)N(Cc1nc(C(=O)N2CCN(c3cccc(Cl)c3)CC2)cs1)C(=O)Nc1ccc(Cl)c(Cl)c1. The van der Waals surface area contributed by atoms with Gasteiger partial charge in [-0.2, -0.15) is 0 Å². The lowest BCUT2D eigenvalue weighted by atomic mass is 10.2. The van der Waals surface area contributed by atoms with Crippen molar-refractivity contribution in [3.05, 3.63) is 73.6 Å². The van der Waals surface area contributed by atoms with Gasteiger partial charge in [-0.3, -0.25) is 4.79 Å². The zero-order valence-electron chi connectivity index (χ0n) is 19.9. The van der Waals surface area contributed by atoms with Crippen LogP contribution in [0.3, 0.4) is 0 Å². The van der Waals surface area contributed by atoms with Gasteiger partial charge in [0.25, 0.3) is 5.91 Å². The summed E-state index contributed by atoms with van der Waals surface area (Å²) >= 11 is 19.5. The number of aromatic nitrogens is 1. The number of piperazine rings is 1. The van der Waals surface area contributed by atoms with Crippen molar-refractivity contribution in [1.29, 1.82) is 0 Å². The second-order valence-electron chi connectivity index (χ2n) is 8.67. The first-order chi connectivity index (χ1) is 17.2. The van der Waals surface area contributed by atoms with Crippen LogP contribution in [-0.4, -0.2) is 58.9 Å². The van der Waals surface area contributed by atoms with Crippen LogP contribution in [-0.2, 0) is 6.54 Å². The van der Waals surface area contributed by atoms with E-state index in [1.807, 2.05) is 43.0 Å². The fraction of sp³-hybridized carbons (Fsp3) is 0.320. The second-order valence-corrected chi connectivity index (χ2v) is 10.9. The Hall–Kier alpha value is -2.52. The highest BCUT2D eigenvalue weighted by molar-refractivity contribution is 7.09. The van der Waals surface area contributed by atoms with E-state index in [0.29, 0.717) is 44.5 Å². The molecule has 0 bridgehead atoms. The van der Waals surface area contributed by atoms with Gasteiger partial charge in [0.2, 0.25) is 0 Å². The van der Waals surface area contributed by atoms with Gasteiger partial charge >= 0.3 is 6.03 Å². The van der Waals surface area contributed by atoms with Crippen LogP contribution in [0.2, 0.25) is 15.1 Å². The molecule has 0 saturated carbocycles. The topological polar surface area (TPSA) is 68.8 Å². The maximum Gasteiger partial charge on any atom is 0.322 e. The quantitative estimate of drug-likeness (QED) is 0.369. The van der Waals surface area contributed by atoms with E-state index >= 15 is 0 Å². The van der Waals surface area contributed by atoms with Gasteiger partial charge in [0.15, 0.2) is 0 Å². The Bertz CT molecular complexity index is 1240. The Kier molecular flexibility index (Phi) is 8.62. The minimum Gasteiger partial charge on any atom is -0.368 e. The molecule has 3 aromatic rings. The number of hydrogen-bond donors (Lipinski definition) is 1. The number of benzene rings is 2. The number of anilines is 2. The number of urea groups is 1. The molecule has 1 saturated heterocycles. The first-order valence-corrected chi connectivity index (χ1v) is 13.5. The molecule has 190 valence electrons. The predicted octanol–water partition coefficient (Wildman–Crippen LogP) is 6.51. The molecule has 1 aliphatic heterocycles. The van der Waals surface area contributed by atoms with Crippen molar-refractivity contribution >= 4 is 69.5 Å². The summed E-state index contributed by atoms with van der Waals surface area (Å²) in [5.74, 6) is -0.0976. The maximum atomic E-state index is 13.1. The highest BCUT2D eigenvalue weighted by atomic mass is 35.5. The summed E-state index contributed by atoms with van der Waals surface area (Å²) in [6.45, 7) is 6.77. The van der Waals surface area contributed by atoms with E-state index in [4.69, 9.17) is 34.8 Å². The molecule has 7 nitrogen and oxygen atoms in total. The highest BCUT2D eigenvalue weighted by Crippen LogP contribution is 2.26. The molecule has 2 aromatic carbocycles. The predicted molar refractivity (Wildman–Crippen MR) is 148 cm³/mol. The van der Waals surface area contributed by atoms with Gasteiger partial charge in [0, 0.05) is 54.0 Å². The van der Waals surface area contributed by atoms with Crippen LogP contribution >= 0.6 is 46.1 Å². The lowest BCUT2D eigenvalue weighted by Gasteiger charge is -2.35. The molecule has 0 spiro atoms. The van der Waals surface area contributed by atoms with Gasteiger partial charge in [0.1, 0.15) is 10.7 Å². The van der Waals surface area contributed by atoms with Gasteiger partial charge in [-0.05, 0) is 50.2 Å². The smallest absolute Gasteiger partial charge is 0.322 e. The molecule has 1 fully saturated rings. The molecule has 1 N–H and O–H groups in total. The summed E-state index contributed by atoms with van der Waals surface area (Å²) in [7, 11) is 0. The van der Waals surface area contributed by atoms with Crippen molar-refractivity contribution in [3.8, 4) is 0 Å². The van der Waals surface area contributed by atoms with Crippen LogP contribution in [0.25, 0.3) is 0 Å². The number of amides is 3. The minimum atomic E-state index is -0.288. The van der Waals surface area contributed by atoms with Gasteiger partial charge in [0.05, 0.1) is 16.6 Å². The fourth-order valence-corrected chi connectivity index (χ4v) is 5.14. The largest absolute Gasteiger partial charge is 0.368 e. The van der Waals surface area contributed by atoms with Crippen LogP contribution < -0.4 is 10.2 Å². The van der Waals surface area contributed by atoms with E-state index in [1.54, 1.807) is 28.5 Å². The Labute approximate surface area is 229 Å². The molecule has 0 atom stereocenters. The van der Waals surface area contributed by atoms with Crippen LogP contribution in [0.5, 0.6) is 0 Å². The van der Waals surface area contributed by atoms with E-state index in [9.17, 15) is 9.59 Å². The minimum absolute atomic E-state index is 0.0876.